The summed E-state index contributed by atoms with van der Waals surface area (Å²) >= 11 is 0. The van der Waals surface area contributed by atoms with E-state index in [1.165, 1.54) is 6.33 Å². The standard InChI is InChI=1S/C5H7N7/c1-11-5(8-9-10-11)2-12-4-6-3-7-12/h3-4H,2H2,1H3. The van der Waals surface area contributed by atoms with Gasteiger partial charge in [-0.15, -0.1) is 5.10 Å². The molecule has 0 aliphatic rings. The number of hydrogen-bond acceptors (Lipinski definition) is 5. The molecular weight excluding hydrogens is 158 g/mol. The third-order valence-electron chi connectivity index (χ3n) is 1.48. The van der Waals surface area contributed by atoms with Gasteiger partial charge in [-0.05, 0) is 10.4 Å². The van der Waals surface area contributed by atoms with Gasteiger partial charge in [0.1, 0.15) is 19.2 Å². The highest BCUT2D eigenvalue weighted by Gasteiger charge is 2.02. The van der Waals surface area contributed by atoms with Crippen LogP contribution in [0.1, 0.15) is 5.82 Å². The van der Waals surface area contributed by atoms with E-state index in [0.29, 0.717) is 6.54 Å². The first kappa shape index (κ1) is 6.89. The van der Waals surface area contributed by atoms with Crippen molar-refractivity contribution in [2.75, 3.05) is 0 Å². The Bertz CT molecular complexity index is 348. The Labute approximate surface area is 68.0 Å². The highest BCUT2D eigenvalue weighted by atomic mass is 15.5. The van der Waals surface area contributed by atoms with Gasteiger partial charge in [-0.3, -0.25) is 0 Å². The number of nitrogens with zero attached hydrogens (tertiary/aromatic N) is 7. The fourth-order valence-electron chi connectivity index (χ4n) is 0.841. The van der Waals surface area contributed by atoms with Gasteiger partial charge in [0.15, 0.2) is 5.82 Å². The van der Waals surface area contributed by atoms with E-state index in [1.54, 1.807) is 22.7 Å². The summed E-state index contributed by atoms with van der Waals surface area (Å²) in [5.74, 6) is 0.750. The van der Waals surface area contributed by atoms with E-state index in [-0.39, 0.29) is 0 Å². The van der Waals surface area contributed by atoms with Gasteiger partial charge in [-0.25, -0.2) is 14.3 Å². The van der Waals surface area contributed by atoms with Crippen molar-refractivity contribution in [3.8, 4) is 0 Å². The molecule has 2 rings (SSSR count). The summed E-state index contributed by atoms with van der Waals surface area (Å²) < 4.78 is 3.26. The Morgan fingerprint density at radius 1 is 1.50 bits per heavy atom. The molecule has 0 unspecified atom stereocenters. The second-order valence-corrected chi connectivity index (χ2v) is 2.31. The SMILES string of the molecule is Cn1nnnc1Cn1cncn1. The van der Waals surface area contributed by atoms with E-state index in [4.69, 9.17) is 0 Å². The maximum Gasteiger partial charge on any atom is 0.172 e. The molecule has 7 nitrogen and oxygen atoms in total. The number of rotatable bonds is 2. The first-order valence-corrected chi connectivity index (χ1v) is 3.40. The van der Waals surface area contributed by atoms with E-state index >= 15 is 0 Å². The normalized spacial score (nSPS) is 10.4. The summed E-state index contributed by atoms with van der Waals surface area (Å²) in [7, 11) is 1.78. The van der Waals surface area contributed by atoms with Crippen molar-refractivity contribution in [2.45, 2.75) is 6.54 Å². The van der Waals surface area contributed by atoms with Crippen molar-refractivity contribution in [3.05, 3.63) is 18.5 Å². The van der Waals surface area contributed by atoms with Gasteiger partial charge in [0, 0.05) is 7.05 Å². The van der Waals surface area contributed by atoms with E-state index in [1.807, 2.05) is 0 Å². The van der Waals surface area contributed by atoms with Crippen LogP contribution in [0, 0.1) is 0 Å². The average Bonchev–Trinajstić information content (AvgIpc) is 2.65. The molecule has 2 aromatic heterocycles. The summed E-state index contributed by atoms with van der Waals surface area (Å²) in [6.45, 7) is 0.545. The van der Waals surface area contributed by atoms with Crippen LogP contribution in [0.3, 0.4) is 0 Å². The Morgan fingerprint density at radius 2 is 2.42 bits per heavy atom. The van der Waals surface area contributed by atoms with Gasteiger partial charge in [-0.2, -0.15) is 5.10 Å². The first-order chi connectivity index (χ1) is 5.86. The monoisotopic (exact) mass is 165 g/mol. The highest BCUT2D eigenvalue weighted by Crippen LogP contribution is 1.91. The Balaban J connectivity index is 2.20. The maximum absolute atomic E-state index is 3.93. The van der Waals surface area contributed by atoms with Crippen molar-refractivity contribution in [3.63, 3.8) is 0 Å². The molecule has 0 atom stereocenters. The highest BCUT2D eigenvalue weighted by molar-refractivity contribution is 4.79. The van der Waals surface area contributed by atoms with Crippen molar-refractivity contribution in [1.82, 2.24) is 35.0 Å². The minimum absolute atomic E-state index is 0.545. The summed E-state index contributed by atoms with van der Waals surface area (Å²) in [6.07, 6.45) is 3.10. The lowest BCUT2D eigenvalue weighted by molar-refractivity contribution is 0.604. The molecule has 2 aromatic rings. The second-order valence-electron chi connectivity index (χ2n) is 2.31. The van der Waals surface area contributed by atoms with Crippen LogP contribution in [0.4, 0.5) is 0 Å². The van der Waals surface area contributed by atoms with Crippen molar-refractivity contribution < 1.29 is 0 Å². The van der Waals surface area contributed by atoms with Crippen molar-refractivity contribution in [1.29, 1.82) is 0 Å². The van der Waals surface area contributed by atoms with Crippen LogP contribution in [0.15, 0.2) is 12.7 Å². The molecule has 0 bridgehead atoms. The number of hydrogen-bond donors (Lipinski definition) is 0. The molecule has 0 aromatic carbocycles. The first-order valence-electron chi connectivity index (χ1n) is 3.40. The van der Waals surface area contributed by atoms with E-state index < -0.39 is 0 Å². The Morgan fingerprint density at radius 3 is 3.00 bits per heavy atom. The molecule has 0 fully saturated rings. The minimum Gasteiger partial charge on any atom is -0.245 e. The van der Waals surface area contributed by atoms with Gasteiger partial charge in [-0.1, -0.05) is 0 Å². The minimum atomic E-state index is 0.545. The van der Waals surface area contributed by atoms with Gasteiger partial charge in [0.25, 0.3) is 0 Å². The fourth-order valence-corrected chi connectivity index (χ4v) is 0.841. The van der Waals surface area contributed by atoms with Crippen LogP contribution in [0.2, 0.25) is 0 Å². The zero-order valence-electron chi connectivity index (χ0n) is 6.49. The van der Waals surface area contributed by atoms with E-state index in [2.05, 4.69) is 25.6 Å². The lowest BCUT2D eigenvalue weighted by atomic mass is 10.6. The number of tetrazole rings is 1. The van der Waals surface area contributed by atoms with Crippen LogP contribution < -0.4 is 0 Å². The van der Waals surface area contributed by atoms with E-state index in [9.17, 15) is 0 Å². The van der Waals surface area contributed by atoms with Gasteiger partial charge >= 0.3 is 0 Å². The largest absolute Gasteiger partial charge is 0.245 e. The molecule has 62 valence electrons. The van der Waals surface area contributed by atoms with Gasteiger partial charge < -0.3 is 0 Å². The third kappa shape index (κ3) is 1.16. The molecule has 0 radical (unpaired) electrons. The maximum atomic E-state index is 3.93. The van der Waals surface area contributed by atoms with Gasteiger partial charge in [0.05, 0.1) is 0 Å². The molecule has 0 saturated carbocycles. The van der Waals surface area contributed by atoms with Crippen molar-refractivity contribution >= 4 is 0 Å². The molecular formula is C5H7N7. The zero-order valence-corrected chi connectivity index (χ0v) is 6.49. The molecule has 0 spiro atoms. The number of aromatic nitrogens is 7. The van der Waals surface area contributed by atoms with Crippen LogP contribution in [-0.4, -0.2) is 35.0 Å². The second kappa shape index (κ2) is 2.68. The lowest BCUT2D eigenvalue weighted by Gasteiger charge is -1.96. The quantitative estimate of drug-likeness (QED) is 0.561. The summed E-state index contributed by atoms with van der Waals surface area (Å²) in [5.41, 5.74) is 0. The Kier molecular flexibility index (Phi) is 1.54. The Hall–Kier alpha value is -1.79. The molecule has 12 heavy (non-hydrogen) atoms. The molecule has 0 saturated heterocycles. The predicted octanol–water partition coefficient (Wildman–Crippen LogP) is -1.15. The third-order valence-corrected chi connectivity index (χ3v) is 1.48. The van der Waals surface area contributed by atoms with Crippen LogP contribution >= 0.6 is 0 Å². The lowest BCUT2D eigenvalue weighted by Crippen LogP contribution is -2.06. The van der Waals surface area contributed by atoms with Crippen LogP contribution in [0.25, 0.3) is 0 Å². The molecule has 2 heterocycles. The molecule has 0 amide bonds. The molecule has 7 heteroatoms. The zero-order chi connectivity index (χ0) is 8.39. The summed E-state index contributed by atoms with van der Waals surface area (Å²) in [5, 5.41) is 14.9. The predicted molar refractivity (Wildman–Crippen MR) is 37.9 cm³/mol. The topological polar surface area (TPSA) is 74.3 Å². The van der Waals surface area contributed by atoms with Crippen LogP contribution in [0.5, 0.6) is 0 Å². The fraction of sp³-hybridized carbons (Fsp3) is 0.400. The van der Waals surface area contributed by atoms with Crippen molar-refractivity contribution in [2.24, 2.45) is 7.05 Å². The average molecular weight is 165 g/mol. The van der Waals surface area contributed by atoms with Crippen LogP contribution in [-0.2, 0) is 13.6 Å². The summed E-state index contributed by atoms with van der Waals surface area (Å²) in [6, 6.07) is 0. The van der Waals surface area contributed by atoms with E-state index in [0.717, 1.165) is 5.82 Å². The number of aryl methyl sites for hydroxylation is 1. The molecule has 0 aliphatic carbocycles. The smallest absolute Gasteiger partial charge is 0.172 e. The summed E-state index contributed by atoms with van der Waals surface area (Å²) in [4.78, 5) is 3.81. The molecule has 0 aliphatic heterocycles. The molecule has 0 N–H and O–H groups in total. The van der Waals surface area contributed by atoms with Gasteiger partial charge in [0.2, 0.25) is 0 Å².